The fourth-order valence-corrected chi connectivity index (χ4v) is 5.88. The fourth-order valence-electron chi connectivity index (χ4n) is 3.06. The molecule has 29 heavy (non-hydrogen) atoms. The van der Waals surface area contributed by atoms with Gasteiger partial charge in [-0.2, -0.15) is 8.61 Å². The van der Waals surface area contributed by atoms with Crippen LogP contribution in [-0.2, 0) is 20.0 Å². The third-order valence-electron chi connectivity index (χ3n) is 5.04. The second-order valence-corrected chi connectivity index (χ2v) is 11.5. The molecule has 1 heterocycles. The van der Waals surface area contributed by atoms with Crippen LogP contribution in [0.15, 0.2) is 58.3 Å². The van der Waals surface area contributed by atoms with E-state index >= 15 is 0 Å². The topological polar surface area (TPSA) is 78.0 Å². The molecule has 2 aromatic carbocycles. The van der Waals surface area contributed by atoms with Crippen molar-refractivity contribution in [1.29, 1.82) is 0 Å². The minimum absolute atomic E-state index is 0.0262. The van der Waals surface area contributed by atoms with Crippen LogP contribution in [0.25, 0.3) is 0 Å². The molecule has 3 rings (SSSR count). The first-order valence-electron chi connectivity index (χ1n) is 9.39. The lowest BCUT2D eigenvalue weighted by Crippen LogP contribution is -2.59. The van der Waals surface area contributed by atoms with E-state index in [9.17, 15) is 16.8 Å². The Morgan fingerprint density at radius 2 is 1.00 bits per heavy atom. The highest BCUT2D eigenvalue weighted by molar-refractivity contribution is 7.90. The maximum absolute atomic E-state index is 13.2. The first-order chi connectivity index (χ1) is 13.5. The van der Waals surface area contributed by atoms with Crippen LogP contribution >= 0.6 is 0 Å². The van der Waals surface area contributed by atoms with E-state index in [0.717, 1.165) is 11.1 Å². The van der Waals surface area contributed by atoms with E-state index in [0.29, 0.717) is 0 Å². The Kier molecular flexibility index (Phi) is 6.16. The molecule has 0 amide bonds. The summed E-state index contributed by atoms with van der Waals surface area (Å²) in [5.74, 6) is 0. The van der Waals surface area contributed by atoms with Crippen molar-refractivity contribution in [2.45, 2.75) is 43.5 Å². The Morgan fingerprint density at radius 3 is 1.31 bits per heavy atom. The van der Waals surface area contributed by atoms with Crippen molar-refractivity contribution in [3.05, 3.63) is 59.7 Å². The van der Waals surface area contributed by atoms with Crippen LogP contribution in [0.4, 0.5) is 0 Å². The fraction of sp³-hybridized carbons (Fsp3) is 0.400. The first kappa shape index (κ1) is 21.9. The maximum atomic E-state index is 13.2. The van der Waals surface area contributed by atoms with Gasteiger partial charge < -0.3 is 0 Å². The molecule has 1 fully saturated rings. The minimum atomic E-state index is -3.84. The zero-order chi connectivity index (χ0) is 21.4. The quantitative estimate of drug-likeness (QED) is 0.718. The Balaban J connectivity index is 1.97. The standard InChI is InChI=1S/C20H27N3O4S2/c1-16(2)21-13-22(28(24,25)19-9-5-17(3)6-10-19)15-23(14-21)29(26,27)20-11-7-18(4)8-12-20/h5-12,16H,13-15H2,1-4H3. The molecule has 158 valence electrons. The van der Waals surface area contributed by atoms with Crippen molar-refractivity contribution in [3.8, 4) is 0 Å². The van der Waals surface area contributed by atoms with Gasteiger partial charge in [-0.15, -0.1) is 0 Å². The summed E-state index contributed by atoms with van der Waals surface area (Å²) in [5.41, 5.74) is 1.91. The summed E-state index contributed by atoms with van der Waals surface area (Å²) < 4.78 is 55.2. The van der Waals surface area contributed by atoms with E-state index < -0.39 is 20.0 Å². The molecule has 1 aliphatic rings. The highest BCUT2D eigenvalue weighted by Gasteiger charge is 2.38. The molecular weight excluding hydrogens is 410 g/mol. The largest absolute Gasteiger partial charge is 0.273 e. The summed E-state index contributed by atoms with van der Waals surface area (Å²) in [5, 5.41) is 0. The molecule has 0 aliphatic carbocycles. The number of benzene rings is 2. The van der Waals surface area contributed by atoms with Gasteiger partial charge in [0.2, 0.25) is 20.0 Å². The zero-order valence-corrected chi connectivity index (χ0v) is 18.7. The van der Waals surface area contributed by atoms with Crippen molar-refractivity contribution in [2.75, 3.05) is 20.0 Å². The maximum Gasteiger partial charge on any atom is 0.245 e. The monoisotopic (exact) mass is 437 g/mol. The molecule has 0 spiro atoms. The Hall–Kier alpha value is -1.78. The molecule has 0 atom stereocenters. The number of nitrogens with zero attached hydrogens (tertiary/aromatic N) is 3. The predicted molar refractivity (Wildman–Crippen MR) is 112 cm³/mol. The van der Waals surface area contributed by atoms with Gasteiger partial charge in [-0.1, -0.05) is 35.4 Å². The predicted octanol–water partition coefficient (Wildman–Crippen LogP) is 2.58. The van der Waals surface area contributed by atoms with E-state index in [2.05, 4.69) is 0 Å². The first-order valence-corrected chi connectivity index (χ1v) is 12.3. The summed E-state index contributed by atoms with van der Waals surface area (Å²) in [6.45, 7) is 7.63. The van der Waals surface area contributed by atoms with Crippen LogP contribution in [0.2, 0.25) is 0 Å². The Bertz CT molecular complexity index is 980. The molecule has 2 aromatic rings. The highest BCUT2D eigenvalue weighted by atomic mass is 32.2. The van der Waals surface area contributed by atoms with Crippen molar-refractivity contribution in [3.63, 3.8) is 0 Å². The summed E-state index contributed by atoms with van der Waals surface area (Å²) in [4.78, 5) is 2.13. The van der Waals surface area contributed by atoms with E-state index in [4.69, 9.17) is 0 Å². The van der Waals surface area contributed by atoms with Crippen LogP contribution in [0.1, 0.15) is 25.0 Å². The van der Waals surface area contributed by atoms with Crippen LogP contribution in [0.5, 0.6) is 0 Å². The molecule has 0 unspecified atom stereocenters. The van der Waals surface area contributed by atoms with Gasteiger partial charge in [-0.25, -0.2) is 16.8 Å². The van der Waals surface area contributed by atoms with Gasteiger partial charge >= 0.3 is 0 Å². The SMILES string of the molecule is Cc1ccc(S(=O)(=O)N2CN(C(C)C)CN(S(=O)(=O)c3ccc(C)cc3)C2)cc1. The summed E-state index contributed by atoms with van der Waals surface area (Å²) in [7, 11) is -7.68. The number of sulfonamides is 2. The second-order valence-electron chi connectivity index (χ2n) is 7.65. The van der Waals surface area contributed by atoms with Gasteiger partial charge in [0, 0.05) is 6.04 Å². The van der Waals surface area contributed by atoms with Gasteiger partial charge in [-0.3, -0.25) is 4.90 Å². The Labute approximate surface area is 173 Å². The third-order valence-corrected chi connectivity index (χ3v) is 8.60. The molecule has 7 nitrogen and oxygen atoms in total. The molecule has 0 saturated carbocycles. The zero-order valence-electron chi connectivity index (χ0n) is 17.1. The molecule has 1 aliphatic heterocycles. The summed E-state index contributed by atoms with van der Waals surface area (Å²) in [6, 6.07) is 13.1. The number of aryl methyl sites for hydroxylation is 2. The molecule has 9 heteroatoms. The van der Waals surface area contributed by atoms with Gasteiger partial charge in [0.25, 0.3) is 0 Å². The van der Waals surface area contributed by atoms with Gasteiger partial charge in [0.05, 0.1) is 29.8 Å². The normalized spacial score (nSPS) is 17.7. The summed E-state index contributed by atoms with van der Waals surface area (Å²) in [6.07, 6.45) is 0. The molecule has 0 N–H and O–H groups in total. The van der Waals surface area contributed by atoms with Crippen LogP contribution in [0, 0.1) is 13.8 Å². The second kappa shape index (κ2) is 8.16. The molecule has 0 aromatic heterocycles. The van der Waals surface area contributed by atoms with Crippen LogP contribution in [0.3, 0.4) is 0 Å². The average Bonchev–Trinajstić information content (AvgIpc) is 2.68. The van der Waals surface area contributed by atoms with E-state index in [1.165, 1.54) is 8.61 Å². The molecule has 1 saturated heterocycles. The van der Waals surface area contributed by atoms with Gasteiger partial charge in [0.15, 0.2) is 0 Å². The highest BCUT2D eigenvalue weighted by Crippen LogP contribution is 2.25. The number of rotatable bonds is 5. The van der Waals surface area contributed by atoms with Gasteiger partial charge in [-0.05, 0) is 52.0 Å². The van der Waals surface area contributed by atoms with Crippen molar-refractivity contribution in [2.24, 2.45) is 0 Å². The van der Waals surface area contributed by atoms with Crippen LogP contribution < -0.4 is 0 Å². The molecule has 0 bridgehead atoms. The lowest BCUT2D eigenvalue weighted by Gasteiger charge is -2.42. The van der Waals surface area contributed by atoms with E-state index in [1.807, 2.05) is 32.6 Å². The third kappa shape index (κ3) is 4.54. The molecular formula is C20H27N3O4S2. The Morgan fingerprint density at radius 1 is 0.655 bits per heavy atom. The van der Waals surface area contributed by atoms with E-state index in [-0.39, 0.29) is 35.8 Å². The average molecular weight is 438 g/mol. The lowest BCUT2D eigenvalue weighted by molar-refractivity contribution is 0.0411. The van der Waals surface area contributed by atoms with Crippen LogP contribution in [-0.4, -0.2) is 56.4 Å². The number of hydrogen-bond acceptors (Lipinski definition) is 5. The van der Waals surface area contributed by atoms with Crippen molar-refractivity contribution in [1.82, 2.24) is 13.5 Å². The van der Waals surface area contributed by atoms with E-state index in [1.54, 1.807) is 48.5 Å². The van der Waals surface area contributed by atoms with Gasteiger partial charge in [0.1, 0.15) is 0 Å². The molecule has 0 radical (unpaired) electrons. The smallest absolute Gasteiger partial charge is 0.245 e. The minimum Gasteiger partial charge on any atom is -0.273 e. The summed E-state index contributed by atoms with van der Waals surface area (Å²) >= 11 is 0. The number of hydrogen-bond donors (Lipinski definition) is 0. The lowest BCUT2D eigenvalue weighted by atomic mass is 10.2. The van der Waals surface area contributed by atoms with Crippen molar-refractivity contribution >= 4 is 20.0 Å². The van der Waals surface area contributed by atoms with Crippen molar-refractivity contribution < 1.29 is 16.8 Å².